The predicted molar refractivity (Wildman–Crippen MR) is 79.1 cm³/mol. The van der Waals surface area contributed by atoms with Gasteiger partial charge in [0.15, 0.2) is 5.82 Å². The molecule has 0 heterocycles. The first-order valence-electron chi connectivity index (χ1n) is 6.59. The summed E-state index contributed by atoms with van der Waals surface area (Å²) >= 11 is 0. The fourth-order valence-corrected chi connectivity index (χ4v) is 1.77. The standard InChI is InChI=1S/C14H20FN3O3/c1-6-14(2,3)17(5)13(19)9-7-11(16-4)10(15)8-12(9)18(20)21/h7-8,16H,6H2,1-5H3. The first-order valence-corrected chi connectivity index (χ1v) is 6.59. The van der Waals surface area contributed by atoms with E-state index in [2.05, 4.69) is 5.32 Å². The van der Waals surface area contributed by atoms with Crippen molar-refractivity contribution in [1.29, 1.82) is 0 Å². The Kier molecular flexibility index (Phi) is 4.88. The summed E-state index contributed by atoms with van der Waals surface area (Å²) < 4.78 is 13.7. The van der Waals surface area contributed by atoms with E-state index in [1.807, 2.05) is 20.8 Å². The molecule has 0 aliphatic carbocycles. The average molecular weight is 297 g/mol. The van der Waals surface area contributed by atoms with Crippen molar-refractivity contribution in [3.63, 3.8) is 0 Å². The molecule has 0 aliphatic rings. The van der Waals surface area contributed by atoms with Gasteiger partial charge in [-0.05, 0) is 26.3 Å². The summed E-state index contributed by atoms with van der Waals surface area (Å²) in [5.41, 5.74) is -1.07. The van der Waals surface area contributed by atoms with Crippen LogP contribution in [-0.2, 0) is 0 Å². The van der Waals surface area contributed by atoms with Crippen LogP contribution in [0.2, 0.25) is 0 Å². The zero-order valence-electron chi connectivity index (χ0n) is 12.9. The van der Waals surface area contributed by atoms with Crippen molar-refractivity contribution in [3.05, 3.63) is 33.6 Å². The van der Waals surface area contributed by atoms with Gasteiger partial charge in [0.25, 0.3) is 11.6 Å². The SMILES string of the molecule is CCC(C)(C)N(C)C(=O)c1cc(NC)c(F)cc1[N+](=O)[O-]. The van der Waals surface area contributed by atoms with Gasteiger partial charge in [0.2, 0.25) is 0 Å². The van der Waals surface area contributed by atoms with Crippen molar-refractivity contribution in [2.45, 2.75) is 32.7 Å². The first-order chi connectivity index (χ1) is 9.65. The van der Waals surface area contributed by atoms with Crippen molar-refractivity contribution in [2.24, 2.45) is 0 Å². The molecule has 21 heavy (non-hydrogen) atoms. The lowest BCUT2D eigenvalue weighted by atomic mass is 9.98. The Balaban J connectivity index is 3.40. The molecule has 0 saturated carbocycles. The second-order valence-electron chi connectivity index (χ2n) is 5.39. The lowest BCUT2D eigenvalue weighted by molar-refractivity contribution is -0.385. The maximum absolute atomic E-state index is 13.7. The van der Waals surface area contributed by atoms with Crippen LogP contribution in [0.25, 0.3) is 0 Å². The van der Waals surface area contributed by atoms with Crippen molar-refractivity contribution >= 4 is 17.3 Å². The molecule has 0 atom stereocenters. The van der Waals surface area contributed by atoms with E-state index >= 15 is 0 Å². The quantitative estimate of drug-likeness (QED) is 0.669. The normalized spacial score (nSPS) is 11.1. The molecule has 0 aromatic heterocycles. The third kappa shape index (κ3) is 3.29. The van der Waals surface area contributed by atoms with Gasteiger partial charge in [-0.1, -0.05) is 6.92 Å². The van der Waals surface area contributed by atoms with Gasteiger partial charge < -0.3 is 10.2 Å². The fourth-order valence-electron chi connectivity index (χ4n) is 1.77. The number of nitrogens with zero attached hydrogens (tertiary/aromatic N) is 2. The first kappa shape index (κ1) is 16.9. The minimum Gasteiger partial charge on any atom is -0.386 e. The number of nitrogens with one attached hydrogen (secondary N) is 1. The molecule has 1 rings (SSSR count). The summed E-state index contributed by atoms with van der Waals surface area (Å²) in [6.07, 6.45) is 0.684. The molecule has 0 unspecified atom stereocenters. The monoisotopic (exact) mass is 297 g/mol. The molecule has 0 spiro atoms. The van der Waals surface area contributed by atoms with E-state index in [1.165, 1.54) is 18.0 Å². The molecule has 0 saturated heterocycles. The van der Waals surface area contributed by atoms with Crippen LogP contribution in [0.3, 0.4) is 0 Å². The number of benzene rings is 1. The largest absolute Gasteiger partial charge is 0.386 e. The van der Waals surface area contributed by atoms with Gasteiger partial charge in [0.1, 0.15) is 5.56 Å². The highest BCUT2D eigenvalue weighted by Gasteiger charge is 2.31. The van der Waals surface area contributed by atoms with Crippen LogP contribution in [-0.4, -0.2) is 35.4 Å². The molecule has 7 heteroatoms. The lowest BCUT2D eigenvalue weighted by Crippen LogP contribution is -2.44. The highest BCUT2D eigenvalue weighted by atomic mass is 19.1. The van der Waals surface area contributed by atoms with Gasteiger partial charge in [-0.15, -0.1) is 0 Å². The second-order valence-corrected chi connectivity index (χ2v) is 5.39. The molecule has 116 valence electrons. The van der Waals surface area contributed by atoms with Gasteiger partial charge in [-0.2, -0.15) is 0 Å². The summed E-state index contributed by atoms with van der Waals surface area (Å²) in [5.74, 6) is -1.27. The number of carbonyl (C=O) groups is 1. The maximum Gasteiger partial charge on any atom is 0.285 e. The smallest absolute Gasteiger partial charge is 0.285 e. The zero-order valence-corrected chi connectivity index (χ0v) is 12.9. The van der Waals surface area contributed by atoms with Gasteiger partial charge >= 0.3 is 0 Å². The number of halogens is 1. The summed E-state index contributed by atoms with van der Waals surface area (Å²) in [6, 6.07) is 1.95. The Morgan fingerprint density at radius 3 is 2.48 bits per heavy atom. The molecule has 1 aromatic rings. The van der Waals surface area contributed by atoms with Gasteiger partial charge in [-0.3, -0.25) is 14.9 Å². The van der Waals surface area contributed by atoms with Crippen molar-refractivity contribution in [1.82, 2.24) is 4.90 Å². The third-order valence-electron chi connectivity index (χ3n) is 3.86. The summed E-state index contributed by atoms with van der Waals surface area (Å²) in [7, 11) is 3.07. The van der Waals surface area contributed by atoms with E-state index in [4.69, 9.17) is 0 Å². The van der Waals surface area contributed by atoms with Crippen LogP contribution in [0.5, 0.6) is 0 Å². The summed E-state index contributed by atoms with van der Waals surface area (Å²) in [4.78, 5) is 24.3. The minimum absolute atomic E-state index is 0.0478. The minimum atomic E-state index is -0.766. The fraction of sp³-hybridized carbons (Fsp3) is 0.500. The highest BCUT2D eigenvalue weighted by Crippen LogP contribution is 2.29. The van der Waals surface area contributed by atoms with E-state index in [1.54, 1.807) is 7.05 Å². The molecule has 1 N–H and O–H groups in total. The van der Waals surface area contributed by atoms with Crippen molar-refractivity contribution in [2.75, 3.05) is 19.4 Å². The number of nitro groups is 1. The van der Waals surface area contributed by atoms with Crippen LogP contribution in [0, 0.1) is 15.9 Å². The van der Waals surface area contributed by atoms with Crippen LogP contribution in [0.15, 0.2) is 12.1 Å². The van der Waals surface area contributed by atoms with Crippen LogP contribution in [0.4, 0.5) is 15.8 Å². The number of rotatable bonds is 5. The maximum atomic E-state index is 13.7. The average Bonchev–Trinajstić information content (AvgIpc) is 2.45. The molecule has 1 aromatic carbocycles. The number of amides is 1. The van der Waals surface area contributed by atoms with Crippen molar-refractivity contribution in [3.8, 4) is 0 Å². The number of hydrogen-bond donors (Lipinski definition) is 1. The van der Waals surface area contributed by atoms with E-state index in [0.717, 1.165) is 6.07 Å². The van der Waals surface area contributed by atoms with Gasteiger partial charge in [0, 0.05) is 19.6 Å². The van der Waals surface area contributed by atoms with Crippen LogP contribution >= 0.6 is 0 Å². The molecule has 6 nitrogen and oxygen atoms in total. The number of nitro benzene ring substituents is 1. The second kappa shape index (κ2) is 6.07. The van der Waals surface area contributed by atoms with Crippen LogP contribution in [0.1, 0.15) is 37.6 Å². The molecule has 0 aliphatic heterocycles. The van der Waals surface area contributed by atoms with Crippen LogP contribution < -0.4 is 5.32 Å². The Morgan fingerprint density at radius 1 is 1.48 bits per heavy atom. The Bertz CT molecular complexity index is 573. The molecule has 1 amide bonds. The predicted octanol–water partition coefficient (Wildman–Crippen LogP) is 3.04. The molecule has 0 fully saturated rings. The van der Waals surface area contributed by atoms with E-state index < -0.39 is 27.9 Å². The molecular formula is C14H20FN3O3. The van der Waals surface area contributed by atoms with E-state index in [0.29, 0.717) is 6.42 Å². The third-order valence-corrected chi connectivity index (χ3v) is 3.86. The van der Waals surface area contributed by atoms with E-state index in [-0.39, 0.29) is 11.3 Å². The van der Waals surface area contributed by atoms with E-state index in [9.17, 15) is 19.3 Å². The highest BCUT2D eigenvalue weighted by molar-refractivity contribution is 5.99. The Morgan fingerprint density at radius 2 is 2.05 bits per heavy atom. The summed E-state index contributed by atoms with van der Waals surface area (Å²) in [5, 5.41) is 13.6. The molecule has 0 radical (unpaired) electrons. The Hall–Kier alpha value is -2.18. The Labute approximate surface area is 123 Å². The molecule has 0 bridgehead atoms. The van der Waals surface area contributed by atoms with Gasteiger partial charge in [-0.25, -0.2) is 4.39 Å². The number of carbonyl (C=O) groups excluding carboxylic acids is 1. The lowest BCUT2D eigenvalue weighted by Gasteiger charge is -2.34. The summed E-state index contributed by atoms with van der Waals surface area (Å²) in [6.45, 7) is 5.64. The topological polar surface area (TPSA) is 75.5 Å². The van der Waals surface area contributed by atoms with Crippen molar-refractivity contribution < 1.29 is 14.1 Å². The molecular weight excluding hydrogens is 277 g/mol. The zero-order chi connectivity index (χ0) is 16.4. The number of anilines is 1. The van der Waals surface area contributed by atoms with Gasteiger partial charge in [0.05, 0.1) is 16.7 Å². The number of hydrogen-bond acceptors (Lipinski definition) is 4.